The van der Waals surface area contributed by atoms with E-state index in [1.165, 1.54) is 0 Å². The molecule has 0 radical (unpaired) electrons. The van der Waals surface area contributed by atoms with Gasteiger partial charge in [0.05, 0.1) is 12.5 Å². The van der Waals surface area contributed by atoms with Crippen LogP contribution < -0.4 is 10.1 Å². The molecule has 0 fully saturated rings. The van der Waals surface area contributed by atoms with Gasteiger partial charge in [-0.15, -0.1) is 11.6 Å². The Hall–Kier alpha value is -1.22. The van der Waals surface area contributed by atoms with Gasteiger partial charge in [0.25, 0.3) is 0 Å². The highest BCUT2D eigenvalue weighted by atomic mass is 35.5. The summed E-state index contributed by atoms with van der Waals surface area (Å²) in [6, 6.07) is 7.87. The van der Waals surface area contributed by atoms with Crippen LogP contribution in [-0.4, -0.2) is 24.4 Å². The van der Waals surface area contributed by atoms with Crippen LogP contribution in [0.5, 0.6) is 5.75 Å². The van der Waals surface area contributed by atoms with Crippen molar-refractivity contribution in [2.75, 3.05) is 12.5 Å². The molecule has 3 nitrogen and oxygen atoms in total. The zero-order valence-corrected chi connectivity index (χ0v) is 13.7. The van der Waals surface area contributed by atoms with E-state index in [0.29, 0.717) is 12.5 Å². The Morgan fingerprint density at radius 1 is 1.43 bits per heavy atom. The van der Waals surface area contributed by atoms with Gasteiger partial charge in [-0.05, 0) is 24.3 Å². The summed E-state index contributed by atoms with van der Waals surface area (Å²) >= 11 is 5.88. The van der Waals surface area contributed by atoms with Gasteiger partial charge < -0.3 is 10.1 Å². The molecular weight excluding hydrogens is 286 g/mol. The number of carbonyl (C=O) groups is 1. The first-order valence-corrected chi connectivity index (χ1v) is 8.05. The first-order chi connectivity index (χ1) is 9.93. The van der Waals surface area contributed by atoms with Crippen LogP contribution in [0, 0.1) is 5.41 Å². The molecule has 0 saturated heterocycles. The third-order valence-corrected chi connectivity index (χ3v) is 4.25. The molecule has 2 atom stereocenters. The van der Waals surface area contributed by atoms with Crippen LogP contribution in [0.25, 0.3) is 0 Å². The molecule has 1 aromatic rings. The Balaban J connectivity index is 2.14. The van der Waals surface area contributed by atoms with E-state index in [2.05, 4.69) is 26.1 Å². The van der Waals surface area contributed by atoms with Gasteiger partial charge in [0, 0.05) is 17.5 Å². The zero-order chi connectivity index (χ0) is 15.5. The van der Waals surface area contributed by atoms with Gasteiger partial charge in [0.1, 0.15) is 5.75 Å². The number of fused-ring (bicyclic) bond motifs is 1. The summed E-state index contributed by atoms with van der Waals surface area (Å²) in [4.78, 5) is 12.7. The number of benzene rings is 1. The molecule has 2 unspecified atom stereocenters. The molecule has 0 saturated carbocycles. The van der Waals surface area contributed by atoms with Crippen molar-refractivity contribution in [2.24, 2.45) is 5.41 Å². The molecule has 0 bridgehead atoms. The maximum atomic E-state index is 12.7. The Bertz CT molecular complexity index is 496. The van der Waals surface area contributed by atoms with Gasteiger partial charge in [-0.1, -0.05) is 39.0 Å². The van der Waals surface area contributed by atoms with Crippen LogP contribution in [0.4, 0.5) is 0 Å². The molecule has 1 aromatic carbocycles. The Morgan fingerprint density at radius 2 is 2.14 bits per heavy atom. The average Bonchev–Trinajstić information content (AvgIpc) is 2.45. The van der Waals surface area contributed by atoms with Gasteiger partial charge in [-0.2, -0.15) is 0 Å². The Labute approximate surface area is 132 Å². The second-order valence-corrected chi connectivity index (χ2v) is 7.01. The number of para-hydroxylation sites is 1. The summed E-state index contributed by atoms with van der Waals surface area (Å²) in [5.41, 5.74) is 0.981. The minimum atomic E-state index is -0.130. The van der Waals surface area contributed by atoms with Crippen LogP contribution in [0.3, 0.4) is 0 Å². The molecule has 1 amide bonds. The smallest absolute Gasteiger partial charge is 0.228 e. The largest absolute Gasteiger partial charge is 0.493 e. The quantitative estimate of drug-likeness (QED) is 0.861. The third-order valence-electron chi connectivity index (χ3n) is 4.03. The molecular formula is C17H24ClNO2. The van der Waals surface area contributed by atoms with E-state index in [0.717, 1.165) is 24.2 Å². The van der Waals surface area contributed by atoms with Gasteiger partial charge in [0.2, 0.25) is 5.91 Å². The number of rotatable bonds is 4. The molecule has 1 aliphatic rings. The summed E-state index contributed by atoms with van der Waals surface area (Å²) < 4.78 is 5.62. The molecule has 0 aliphatic carbocycles. The Morgan fingerprint density at radius 3 is 2.81 bits per heavy atom. The highest BCUT2D eigenvalue weighted by Gasteiger charge is 2.32. The molecule has 116 valence electrons. The number of amides is 1. The van der Waals surface area contributed by atoms with Crippen LogP contribution in [0.15, 0.2) is 24.3 Å². The van der Waals surface area contributed by atoms with Crippen molar-refractivity contribution in [3.8, 4) is 5.75 Å². The van der Waals surface area contributed by atoms with Crippen molar-refractivity contribution in [2.45, 2.75) is 45.6 Å². The molecule has 4 heteroatoms. The number of alkyl halides is 1. The number of halogens is 1. The number of ether oxygens (including phenoxy) is 1. The van der Waals surface area contributed by atoms with E-state index in [1.54, 1.807) is 0 Å². The van der Waals surface area contributed by atoms with Gasteiger partial charge in [0.15, 0.2) is 0 Å². The van der Waals surface area contributed by atoms with E-state index in [1.807, 2.05) is 24.3 Å². The molecule has 0 spiro atoms. The second kappa shape index (κ2) is 6.69. The lowest BCUT2D eigenvalue weighted by molar-refractivity contribution is -0.124. The standard InChI is InChI=1S/C17H24ClNO2/c1-17(2,3)15(8-10-18)19-16(20)13-9-11-21-14-7-5-4-6-12(13)14/h4-7,13,15H,8-11H2,1-3H3,(H,19,20). The van der Waals surface area contributed by atoms with Gasteiger partial charge in [-0.3, -0.25) is 4.79 Å². The minimum Gasteiger partial charge on any atom is -0.493 e. The average molecular weight is 310 g/mol. The van der Waals surface area contributed by atoms with Crippen LogP contribution in [0.1, 0.15) is 45.1 Å². The predicted molar refractivity (Wildman–Crippen MR) is 86.0 cm³/mol. The van der Waals surface area contributed by atoms with E-state index in [-0.39, 0.29) is 23.3 Å². The van der Waals surface area contributed by atoms with Crippen LogP contribution in [0.2, 0.25) is 0 Å². The summed E-state index contributed by atoms with van der Waals surface area (Å²) in [5.74, 6) is 1.33. The summed E-state index contributed by atoms with van der Waals surface area (Å²) in [6.45, 7) is 6.97. The lowest BCUT2D eigenvalue weighted by Crippen LogP contribution is -2.46. The summed E-state index contributed by atoms with van der Waals surface area (Å²) in [7, 11) is 0. The van der Waals surface area contributed by atoms with Crippen molar-refractivity contribution in [1.29, 1.82) is 0 Å². The molecule has 2 rings (SSSR count). The van der Waals surface area contributed by atoms with Crippen molar-refractivity contribution < 1.29 is 9.53 Å². The highest BCUT2D eigenvalue weighted by molar-refractivity contribution is 6.17. The first kappa shape index (κ1) is 16.2. The van der Waals surface area contributed by atoms with E-state index in [9.17, 15) is 4.79 Å². The highest BCUT2D eigenvalue weighted by Crippen LogP contribution is 2.34. The molecule has 0 aromatic heterocycles. The Kier molecular flexibility index (Phi) is 5.15. The predicted octanol–water partition coefficient (Wildman–Crippen LogP) is 3.71. The topological polar surface area (TPSA) is 38.3 Å². The van der Waals surface area contributed by atoms with Gasteiger partial charge >= 0.3 is 0 Å². The minimum absolute atomic E-state index is 0.00473. The maximum Gasteiger partial charge on any atom is 0.228 e. The van der Waals surface area contributed by atoms with E-state index >= 15 is 0 Å². The molecule has 1 heterocycles. The maximum absolute atomic E-state index is 12.7. The van der Waals surface area contributed by atoms with Crippen molar-refractivity contribution >= 4 is 17.5 Å². The fraction of sp³-hybridized carbons (Fsp3) is 0.588. The first-order valence-electron chi connectivity index (χ1n) is 7.51. The second-order valence-electron chi connectivity index (χ2n) is 6.63. The van der Waals surface area contributed by atoms with E-state index in [4.69, 9.17) is 16.3 Å². The monoisotopic (exact) mass is 309 g/mol. The van der Waals surface area contributed by atoms with Crippen molar-refractivity contribution in [1.82, 2.24) is 5.32 Å². The lowest BCUT2D eigenvalue weighted by atomic mass is 9.84. The van der Waals surface area contributed by atoms with Crippen molar-refractivity contribution in [3.63, 3.8) is 0 Å². The number of nitrogens with one attached hydrogen (secondary N) is 1. The normalized spacial score (nSPS) is 19.3. The third kappa shape index (κ3) is 3.91. The van der Waals surface area contributed by atoms with E-state index < -0.39 is 0 Å². The lowest BCUT2D eigenvalue weighted by Gasteiger charge is -2.33. The van der Waals surface area contributed by atoms with Gasteiger partial charge in [-0.25, -0.2) is 0 Å². The number of hydrogen-bond donors (Lipinski definition) is 1. The molecule has 1 aliphatic heterocycles. The van der Waals surface area contributed by atoms with Crippen LogP contribution >= 0.6 is 11.6 Å². The summed E-state index contributed by atoms with van der Waals surface area (Å²) in [6.07, 6.45) is 1.50. The molecule has 21 heavy (non-hydrogen) atoms. The fourth-order valence-electron chi connectivity index (χ4n) is 2.72. The fourth-order valence-corrected chi connectivity index (χ4v) is 2.94. The zero-order valence-electron chi connectivity index (χ0n) is 13.0. The summed E-state index contributed by atoms with van der Waals surface area (Å²) in [5, 5.41) is 3.19. The number of carbonyl (C=O) groups excluding carboxylic acids is 1. The van der Waals surface area contributed by atoms with Crippen molar-refractivity contribution in [3.05, 3.63) is 29.8 Å². The SMILES string of the molecule is CC(C)(C)C(CCCl)NC(=O)C1CCOc2ccccc21. The number of hydrogen-bond acceptors (Lipinski definition) is 2. The molecule has 1 N–H and O–H groups in total. The van der Waals surface area contributed by atoms with Crippen LogP contribution in [-0.2, 0) is 4.79 Å².